The van der Waals surface area contributed by atoms with Crippen LogP contribution >= 0.6 is 23.2 Å². The van der Waals surface area contributed by atoms with Crippen LogP contribution in [-0.4, -0.2) is 16.3 Å². The number of fused-ring (bicyclic) bond motifs is 1. The van der Waals surface area contributed by atoms with E-state index in [0.29, 0.717) is 27.5 Å². The molecule has 0 aliphatic rings. The highest BCUT2D eigenvalue weighted by Crippen LogP contribution is 2.36. The number of hydrazone groups is 1. The quantitative estimate of drug-likeness (QED) is 0.284. The number of aromatic hydroxyl groups is 1. The standard InChI is InChI=1S/C22H15Cl2N3O2/c23-18-12-19(24)22(28)21-17(18)9-10-20(26-21)27-25-13-14-5-4-8-16(11-14)29-15-6-2-1-3-7-15/h1-13,28H,(H,26,27)/b25-13+. The lowest BCUT2D eigenvalue weighted by molar-refractivity contribution is 0.480. The number of benzene rings is 3. The van der Waals surface area contributed by atoms with Crippen molar-refractivity contribution in [1.82, 2.24) is 4.98 Å². The Bertz CT molecular complexity index is 1200. The minimum atomic E-state index is -0.121. The van der Waals surface area contributed by atoms with Crippen molar-refractivity contribution in [3.63, 3.8) is 0 Å². The van der Waals surface area contributed by atoms with Gasteiger partial charge in [-0.25, -0.2) is 4.98 Å². The number of pyridine rings is 1. The van der Waals surface area contributed by atoms with Gasteiger partial charge in [0.05, 0.1) is 16.3 Å². The molecule has 29 heavy (non-hydrogen) atoms. The second kappa shape index (κ2) is 8.39. The number of nitrogens with zero attached hydrogens (tertiary/aromatic N) is 2. The van der Waals surface area contributed by atoms with E-state index in [1.54, 1.807) is 18.3 Å². The summed E-state index contributed by atoms with van der Waals surface area (Å²) in [6, 6.07) is 22.0. The van der Waals surface area contributed by atoms with Crippen molar-refractivity contribution < 1.29 is 9.84 Å². The van der Waals surface area contributed by atoms with E-state index in [9.17, 15) is 5.11 Å². The molecule has 5 nitrogen and oxygen atoms in total. The van der Waals surface area contributed by atoms with E-state index in [1.165, 1.54) is 6.07 Å². The van der Waals surface area contributed by atoms with Gasteiger partial charge >= 0.3 is 0 Å². The molecular formula is C22H15Cl2N3O2. The summed E-state index contributed by atoms with van der Waals surface area (Å²) in [7, 11) is 0. The Morgan fingerprint density at radius 1 is 0.897 bits per heavy atom. The van der Waals surface area contributed by atoms with Gasteiger partial charge in [0.25, 0.3) is 0 Å². The van der Waals surface area contributed by atoms with E-state index in [2.05, 4.69) is 15.5 Å². The molecule has 0 saturated heterocycles. The molecule has 2 N–H and O–H groups in total. The molecule has 4 rings (SSSR count). The SMILES string of the molecule is Oc1c(Cl)cc(Cl)c2ccc(N/N=C/c3cccc(Oc4ccccc4)c3)nc12. The van der Waals surface area contributed by atoms with Crippen LogP contribution in [0, 0.1) is 0 Å². The van der Waals surface area contributed by atoms with E-state index >= 15 is 0 Å². The number of para-hydroxylation sites is 1. The normalized spacial score (nSPS) is 11.1. The van der Waals surface area contributed by atoms with Crippen LogP contribution in [0.3, 0.4) is 0 Å². The molecular weight excluding hydrogens is 409 g/mol. The number of phenolic OH excluding ortho intramolecular Hbond substituents is 1. The molecule has 4 aromatic rings. The number of halogens is 2. The van der Waals surface area contributed by atoms with Crippen LogP contribution in [-0.2, 0) is 0 Å². The average molecular weight is 424 g/mol. The van der Waals surface area contributed by atoms with E-state index in [-0.39, 0.29) is 10.8 Å². The highest BCUT2D eigenvalue weighted by molar-refractivity contribution is 6.39. The molecule has 0 aliphatic heterocycles. The number of phenols is 1. The van der Waals surface area contributed by atoms with Gasteiger partial charge in [-0.3, -0.25) is 5.43 Å². The van der Waals surface area contributed by atoms with Crippen molar-refractivity contribution in [3.8, 4) is 17.2 Å². The van der Waals surface area contributed by atoms with Crippen LogP contribution in [0.5, 0.6) is 17.2 Å². The maximum absolute atomic E-state index is 10.1. The highest BCUT2D eigenvalue weighted by atomic mass is 35.5. The molecule has 0 atom stereocenters. The maximum atomic E-state index is 10.1. The van der Waals surface area contributed by atoms with E-state index < -0.39 is 0 Å². The molecule has 0 saturated carbocycles. The summed E-state index contributed by atoms with van der Waals surface area (Å²) in [6.07, 6.45) is 1.65. The van der Waals surface area contributed by atoms with Crippen LogP contribution in [0.15, 0.2) is 77.9 Å². The number of hydrogen-bond donors (Lipinski definition) is 2. The smallest absolute Gasteiger partial charge is 0.160 e. The summed E-state index contributed by atoms with van der Waals surface area (Å²) >= 11 is 12.1. The van der Waals surface area contributed by atoms with Gasteiger partial charge in [0.1, 0.15) is 22.8 Å². The first-order valence-corrected chi connectivity index (χ1v) is 9.45. The fourth-order valence-electron chi connectivity index (χ4n) is 2.72. The molecule has 1 heterocycles. The van der Waals surface area contributed by atoms with E-state index in [1.807, 2.05) is 54.6 Å². The molecule has 0 bridgehead atoms. The predicted molar refractivity (Wildman–Crippen MR) is 118 cm³/mol. The highest BCUT2D eigenvalue weighted by Gasteiger charge is 2.11. The van der Waals surface area contributed by atoms with E-state index in [0.717, 1.165) is 11.3 Å². The van der Waals surface area contributed by atoms with Crippen molar-refractivity contribution in [2.45, 2.75) is 0 Å². The zero-order valence-electron chi connectivity index (χ0n) is 15.0. The topological polar surface area (TPSA) is 66.7 Å². The van der Waals surface area contributed by atoms with Crippen molar-refractivity contribution >= 4 is 46.1 Å². The molecule has 0 amide bonds. The molecule has 144 valence electrons. The Hall–Kier alpha value is -3.28. The average Bonchev–Trinajstić information content (AvgIpc) is 2.73. The summed E-state index contributed by atoms with van der Waals surface area (Å²) in [5, 5.41) is 15.5. The van der Waals surface area contributed by atoms with Gasteiger partial charge in [-0.1, -0.05) is 53.5 Å². The summed E-state index contributed by atoms with van der Waals surface area (Å²) in [6.45, 7) is 0. The maximum Gasteiger partial charge on any atom is 0.160 e. The molecule has 0 fully saturated rings. The van der Waals surface area contributed by atoms with E-state index in [4.69, 9.17) is 27.9 Å². The molecule has 7 heteroatoms. The van der Waals surface area contributed by atoms with Gasteiger partial charge in [0.15, 0.2) is 5.75 Å². The molecule has 1 aromatic heterocycles. The zero-order valence-corrected chi connectivity index (χ0v) is 16.5. The number of nitrogens with one attached hydrogen (secondary N) is 1. The minimum Gasteiger partial charge on any atom is -0.504 e. The zero-order chi connectivity index (χ0) is 20.2. The van der Waals surface area contributed by atoms with Crippen LogP contribution in [0.25, 0.3) is 10.9 Å². The predicted octanol–water partition coefficient (Wildman–Crippen LogP) is 6.49. The van der Waals surface area contributed by atoms with Gasteiger partial charge in [0.2, 0.25) is 0 Å². The van der Waals surface area contributed by atoms with Gasteiger partial charge in [-0.15, -0.1) is 0 Å². The monoisotopic (exact) mass is 423 g/mol. The van der Waals surface area contributed by atoms with Crippen molar-refractivity contribution in [2.75, 3.05) is 5.43 Å². The van der Waals surface area contributed by atoms with Gasteiger partial charge in [0, 0.05) is 5.39 Å². The van der Waals surface area contributed by atoms with Crippen molar-refractivity contribution in [3.05, 3.63) is 88.4 Å². The second-order valence-electron chi connectivity index (χ2n) is 6.14. The summed E-state index contributed by atoms with van der Waals surface area (Å²) < 4.78 is 5.82. The lowest BCUT2D eigenvalue weighted by Gasteiger charge is -2.07. The first-order chi connectivity index (χ1) is 14.1. The lowest BCUT2D eigenvalue weighted by Crippen LogP contribution is -1.95. The lowest BCUT2D eigenvalue weighted by atomic mass is 10.2. The third kappa shape index (κ3) is 4.42. The number of rotatable bonds is 5. The Labute approximate surface area is 177 Å². The Morgan fingerprint density at radius 3 is 2.52 bits per heavy atom. The summed E-state index contributed by atoms with van der Waals surface area (Å²) in [5.74, 6) is 1.79. The van der Waals surface area contributed by atoms with Crippen molar-refractivity contribution in [1.29, 1.82) is 0 Å². The second-order valence-corrected chi connectivity index (χ2v) is 6.95. The minimum absolute atomic E-state index is 0.121. The van der Waals surface area contributed by atoms with Gasteiger partial charge in [-0.05, 0) is 48.0 Å². The third-order valence-electron chi connectivity index (χ3n) is 4.09. The number of aromatic nitrogens is 1. The fourth-order valence-corrected chi connectivity index (χ4v) is 3.24. The van der Waals surface area contributed by atoms with Crippen LogP contribution in [0.4, 0.5) is 5.82 Å². The Kier molecular flexibility index (Phi) is 5.51. The Balaban J connectivity index is 1.50. The summed E-state index contributed by atoms with van der Waals surface area (Å²) in [5.41, 5.74) is 4.00. The van der Waals surface area contributed by atoms with Crippen LogP contribution in [0.2, 0.25) is 10.0 Å². The van der Waals surface area contributed by atoms with Crippen molar-refractivity contribution in [2.24, 2.45) is 5.10 Å². The first-order valence-electron chi connectivity index (χ1n) is 8.70. The third-order valence-corrected chi connectivity index (χ3v) is 4.69. The van der Waals surface area contributed by atoms with Crippen LogP contribution < -0.4 is 10.2 Å². The molecule has 0 radical (unpaired) electrons. The number of anilines is 1. The Morgan fingerprint density at radius 2 is 1.69 bits per heavy atom. The number of ether oxygens (including phenoxy) is 1. The van der Waals surface area contributed by atoms with Gasteiger partial charge in [-0.2, -0.15) is 5.10 Å². The summed E-state index contributed by atoms with van der Waals surface area (Å²) in [4.78, 5) is 4.33. The largest absolute Gasteiger partial charge is 0.504 e. The molecule has 0 spiro atoms. The van der Waals surface area contributed by atoms with Crippen LogP contribution in [0.1, 0.15) is 5.56 Å². The first kappa shape index (κ1) is 19.1. The number of hydrogen-bond acceptors (Lipinski definition) is 5. The molecule has 0 unspecified atom stereocenters. The van der Waals surface area contributed by atoms with Gasteiger partial charge < -0.3 is 9.84 Å². The molecule has 0 aliphatic carbocycles. The fraction of sp³-hybridized carbons (Fsp3) is 0. The molecule has 3 aromatic carbocycles.